The van der Waals surface area contributed by atoms with Crippen molar-refractivity contribution in [2.45, 2.75) is 25.4 Å². The van der Waals surface area contributed by atoms with E-state index in [-0.39, 0.29) is 0 Å². The summed E-state index contributed by atoms with van der Waals surface area (Å²) in [6.07, 6.45) is 4.00. The van der Waals surface area contributed by atoms with Gasteiger partial charge < -0.3 is 19.9 Å². The van der Waals surface area contributed by atoms with Crippen LogP contribution in [0.25, 0.3) is 0 Å². The highest BCUT2D eigenvalue weighted by atomic mass is 16.5. The minimum atomic E-state index is 0.503. The summed E-state index contributed by atoms with van der Waals surface area (Å²) in [5.74, 6) is 0. The van der Waals surface area contributed by atoms with Crippen LogP contribution in [-0.2, 0) is 4.74 Å². The fraction of sp³-hybridized carbons (Fsp3) is 1.00. The van der Waals surface area contributed by atoms with E-state index in [4.69, 9.17) is 4.74 Å². The predicted molar refractivity (Wildman–Crippen MR) is 72.5 cm³/mol. The molecule has 1 saturated heterocycles. The van der Waals surface area contributed by atoms with Crippen LogP contribution in [0.5, 0.6) is 0 Å². The molecule has 17 heavy (non-hydrogen) atoms. The van der Waals surface area contributed by atoms with Gasteiger partial charge in [-0.15, -0.1) is 0 Å². The Labute approximate surface area is 106 Å². The number of hydrogen-bond acceptors (Lipinski definition) is 4. The van der Waals surface area contributed by atoms with E-state index in [0.717, 1.165) is 45.8 Å². The zero-order valence-electron chi connectivity index (χ0n) is 11.7. The van der Waals surface area contributed by atoms with Gasteiger partial charge >= 0.3 is 0 Å². The summed E-state index contributed by atoms with van der Waals surface area (Å²) in [5.41, 5.74) is 0. The molecule has 0 amide bonds. The molecule has 4 heteroatoms. The minimum Gasteiger partial charge on any atom is -0.378 e. The van der Waals surface area contributed by atoms with Crippen molar-refractivity contribution in [3.63, 3.8) is 0 Å². The van der Waals surface area contributed by atoms with Crippen molar-refractivity contribution in [2.75, 3.05) is 60.5 Å². The Morgan fingerprint density at radius 3 is 2.41 bits per heavy atom. The second kappa shape index (κ2) is 8.86. The van der Waals surface area contributed by atoms with E-state index < -0.39 is 0 Å². The van der Waals surface area contributed by atoms with Gasteiger partial charge in [-0.3, -0.25) is 0 Å². The van der Waals surface area contributed by atoms with Crippen molar-refractivity contribution in [2.24, 2.45) is 0 Å². The molecule has 0 bridgehead atoms. The first-order valence-electron chi connectivity index (χ1n) is 6.84. The van der Waals surface area contributed by atoms with Crippen LogP contribution in [0.4, 0.5) is 0 Å². The Balaban J connectivity index is 1.92. The maximum atomic E-state index is 5.88. The maximum absolute atomic E-state index is 5.88. The molecule has 1 aliphatic heterocycles. The Morgan fingerprint density at radius 2 is 1.76 bits per heavy atom. The molecule has 0 atom stereocenters. The fourth-order valence-corrected chi connectivity index (χ4v) is 2.03. The first-order valence-corrected chi connectivity index (χ1v) is 6.84. The molecular weight excluding hydrogens is 214 g/mol. The molecule has 0 radical (unpaired) electrons. The topological polar surface area (TPSA) is 27.7 Å². The zero-order chi connectivity index (χ0) is 12.5. The highest BCUT2D eigenvalue weighted by Crippen LogP contribution is 2.07. The van der Waals surface area contributed by atoms with Crippen LogP contribution in [-0.4, -0.2) is 76.4 Å². The molecule has 1 heterocycles. The van der Waals surface area contributed by atoms with Crippen LogP contribution < -0.4 is 5.32 Å². The monoisotopic (exact) mass is 243 g/mol. The lowest BCUT2D eigenvalue weighted by Crippen LogP contribution is -2.33. The van der Waals surface area contributed by atoms with E-state index in [1.165, 1.54) is 12.8 Å². The molecule has 102 valence electrons. The molecule has 1 fully saturated rings. The third kappa shape index (κ3) is 7.71. The summed E-state index contributed by atoms with van der Waals surface area (Å²) in [5, 5.41) is 3.36. The predicted octanol–water partition coefficient (Wildman–Crippen LogP) is 0.639. The van der Waals surface area contributed by atoms with Gasteiger partial charge in [-0.05, 0) is 53.5 Å². The van der Waals surface area contributed by atoms with E-state index in [1.807, 2.05) is 0 Å². The SMILES string of the molecule is CN(C)CCN(C)CCCOC1CCNCC1. The summed E-state index contributed by atoms with van der Waals surface area (Å²) >= 11 is 0. The van der Waals surface area contributed by atoms with Gasteiger partial charge in [-0.1, -0.05) is 0 Å². The van der Waals surface area contributed by atoms with Gasteiger partial charge in [0.15, 0.2) is 0 Å². The third-order valence-corrected chi connectivity index (χ3v) is 3.25. The van der Waals surface area contributed by atoms with Crippen molar-refractivity contribution < 1.29 is 4.74 Å². The molecular formula is C13H29N3O. The molecule has 4 nitrogen and oxygen atoms in total. The molecule has 1 rings (SSSR count). The quantitative estimate of drug-likeness (QED) is 0.633. The smallest absolute Gasteiger partial charge is 0.0599 e. The normalized spacial score (nSPS) is 18.2. The van der Waals surface area contributed by atoms with Crippen LogP contribution in [0.2, 0.25) is 0 Å². The lowest BCUT2D eigenvalue weighted by Gasteiger charge is -2.24. The first kappa shape index (κ1) is 14.9. The Hall–Kier alpha value is -0.160. The minimum absolute atomic E-state index is 0.503. The molecule has 0 unspecified atom stereocenters. The molecule has 0 aromatic rings. The van der Waals surface area contributed by atoms with Crippen LogP contribution in [0, 0.1) is 0 Å². The lowest BCUT2D eigenvalue weighted by atomic mass is 10.1. The highest BCUT2D eigenvalue weighted by molar-refractivity contribution is 4.68. The van der Waals surface area contributed by atoms with Crippen LogP contribution in [0.1, 0.15) is 19.3 Å². The average Bonchev–Trinajstić information content (AvgIpc) is 2.33. The van der Waals surface area contributed by atoms with Crippen molar-refractivity contribution >= 4 is 0 Å². The summed E-state index contributed by atoms with van der Waals surface area (Å²) in [6.45, 7) is 6.56. The molecule has 0 aromatic carbocycles. The van der Waals surface area contributed by atoms with Gasteiger partial charge in [0.25, 0.3) is 0 Å². The standard InChI is InChI=1S/C13H29N3O/c1-15(2)10-11-16(3)9-4-12-17-13-5-7-14-8-6-13/h13-14H,4-12H2,1-3H3. The van der Waals surface area contributed by atoms with E-state index in [0.29, 0.717) is 6.10 Å². The number of rotatable bonds is 8. The van der Waals surface area contributed by atoms with Crippen LogP contribution in [0.3, 0.4) is 0 Å². The van der Waals surface area contributed by atoms with E-state index in [9.17, 15) is 0 Å². The first-order chi connectivity index (χ1) is 8.18. The fourth-order valence-electron chi connectivity index (χ4n) is 2.03. The molecule has 0 saturated carbocycles. The number of nitrogens with zero attached hydrogens (tertiary/aromatic N) is 2. The molecule has 1 aliphatic rings. The number of nitrogens with one attached hydrogen (secondary N) is 1. The average molecular weight is 243 g/mol. The highest BCUT2D eigenvalue weighted by Gasteiger charge is 2.12. The van der Waals surface area contributed by atoms with E-state index in [2.05, 4.69) is 36.3 Å². The van der Waals surface area contributed by atoms with Crippen molar-refractivity contribution in [3.05, 3.63) is 0 Å². The molecule has 1 N–H and O–H groups in total. The van der Waals surface area contributed by atoms with E-state index >= 15 is 0 Å². The van der Waals surface area contributed by atoms with Gasteiger partial charge in [0.05, 0.1) is 6.10 Å². The number of piperidine rings is 1. The summed E-state index contributed by atoms with van der Waals surface area (Å²) in [7, 11) is 6.43. The Bertz CT molecular complexity index is 182. The zero-order valence-corrected chi connectivity index (χ0v) is 11.7. The van der Waals surface area contributed by atoms with Gasteiger partial charge in [-0.2, -0.15) is 0 Å². The maximum Gasteiger partial charge on any atom is 0.0599 e. The lowest BCUT2D eigenvalue weighted by molar-refractivity contribution is 0.0285. The number of likely N-dealkylation sites (N-methyl/N-ethyl adjacent to an activating group) is 2. The van der Waals surface area contributed by atoms with Gasteiger partial charge in [-0.25, -0.2) is 0 Å². The Kier molecular flexibility index (Phi) is 7.77. The summed E-state index contributed by atoms with van der Waals surface area (Å²) < 4.78 is 5.88. The van der Waals surface area contributed by atoms with Gasteiger partial charge in [0.1, 0.15) is 0 Å². The van der Waals surface area contributed by atoms with Gasteiger partial charge in [0.2, 0.25) is 0 Å². The molecule has 0 aromatic heterocycles. The van der Waals surface area contributed by atoms with E-state index in [1.54, 1.807) is 0 Å². The third-order valence-electron chi connectivity index (χ3n) is 3.25. The largest absolute Gasteiger partial charge is 0.378 e. The van der Waals surface area contributed by atoms with Crippen molar-refractivity contribution in [3.8, 4) is 0 Å². The summed E-state index contributed by atoms with van der Waals surface area (Å²) in [6, 6.07) is 0. The number of hydrogen-bond donors (Lipinski definition) is 1. The summed E-state index contributed by atoms with van der Waals surface area (Å²) in [4.78, 5) is 4.60. The molecule has 0 spiro atoms. The number of ether oxygens (including phenoxy) is 1. The second-order valence-corrected chi connectivity index (χ2v) is 5.28. The van der Waals surface area contributed by atoms with Crippen LogP contribution in [0.15, 0.2) is 0 Å². The van der Waals surface area contributed by atoms with Crippen molar-refractivity contribution in [1.82, 2.24) is 15.1 Å². The Morgan fingerprint density at radius 1 is 1.06 bits per heavy atom. The second-order valence-electron chi connectivity index (χ2n) is 5.28. The van der Waals surface area contributed by atoms with Gasteiger partial charge in [0, 0.05) is 26.2 Å². The molecule has 0 aliphatic carbocycles. The van der Waals surface area contributed by atoms with Crippen LogP contribution >= 0.6 is 0 Å². The van der Waals surface area contributed by atoms with Crippen molar-refractivity contribution in [1.29, 1.82) is 0 Å².